The summed E-state index contributed by atoms with van der Waals surface area (Å²) in [7, 11) is 0. The van der Waals surface area contributed by atoms with Crippen molar-refractivity contribution in [2.75, 3.05) is 12.3 Å². The van der Waals surface area contributed by atoms with Crippen molar-refractivity contribution in [3.8, 4) is 5.88 Å². The SMILES string of the molecule is CCC(C)SC(=O)COc1nc(F)c(Cl)c(N)c1Cl. The summed E-state index contributed by atoms with van der Waals surface area (Å²) in [6, 6.07) is 0. The zero-order valence-electron chi connectivity index (χ0n) is 10.4. The molecule has 0 radical (unpaired) electrons. The average Bonchev–Trinajstić information content (AvgIpc) is 2.38. The average molecular weight is 327 g/mol. The van der Waals surface area contributed by atoms with Gasteiger partial charge in [0.1, 0.15) is 10.0 Å². The number of nitrogens with two attached hydrogens (primary N) is 1. The second-order valence-corrected chi connectivity index (χ2v) is 6.00. The molecule has 1 unspecified atom stereocenters. The summed E-state index contributed by atoms with van der Waals surface area (Å²) in [6.07, 6.45) is 0.859. The molecule has 1 rings (SSSR count). The second kappa shape index (κ2) is 7.17. The van der Waals surface area contributed by atoms with Crippen molar-refractivity contribution in [3.63, 3.8) is 0 Å². The van der Waals surface area contributed by atoms with Gasteiger partial charge in [0, 0.05) is 5.25 Å². The van der Waals surface area contributed by atoms with Gasteiger partial charge in [0.2, 0.25) is 16.9 Å². The van der Waals surface area contributed by atoms with Crippen LogP contribution in [-0.2, 0) is 4.79 Å². The van der Waals surface area contributed by atoms with E-state index in [-0.39, 0.29) is 38.6 Å². The van der Waals surface area contributed by atoms with Crippen molar-refractivity contribution >= 4 is 45.8 Å². The number of rotatable bonds is 5. The predicted octanol–water partition coefficient (Wildman–Crippen LogP) is 3.55. The van der Waals surface area contributed by atoms with E-state index in [0.717, 1.165) is 18.2 Å². The normalized spacial score (nSPS) is 12.3. The molecule has 8 heteroatoms. The molecule has 19 heavy (non-hydrogen) atoms. The molecule has 0 aliphatic heterocycles. The monoisotopic (exact) mass is 326 g/mol. The van der Waals surface area contributed by atoms with Gasteiger partial charge >= 0.3 is 0 Å². The van der Waals surface area contributed by atoms with Crippen LogP contribution in [-0.4, -0.2) is 22.0 Å². The first-order valence-electron chi connectivity index (χ1n) is 5.49. The van der Waals surface area contributed by atoms with Gasteiger partial charge in [0.15, 0.2) is 6.61 Å². The van der Waals surface area contributed by atoms with Crippen LogP contribution in [0.15, 0.2) is 0 Å². The van der Waals surface area contributed by atoms with Crippen molar-refractivity contribution in [1.82, 2.24) is 4.98 Å². The molecule has 0 aliphatic carbocycles. The minimum absolute atomic E-state index is 0.104. The molecule has 0 fully saturated rings. The van der Waals surface area contributed by atoms with Gasteiger partial charge in [-0.25, -0.2) is 0 Å². The van der Waals surface area contributed by atoms with E-state index in [1.54, 1.807) is 0 Å². The number of thioether (sulfide) groups is 1. The quantitative estimate of drug-likeness (QED) is 0.838. The van der Waals surface area contributed by atoms with E-state index in [9.17, 15) is 9.18 Å². The van der Waals surface area contributed by atoms with Gasteiger partial charge < -0.3 is 10.5 Å². The van der Waals surface area contributed by atoms with Crippen molar-refractivity contribution in [2.24, 2.45) is 0 Å². The Morgan fingerprint density at radius 2 is 2.16 bits per heavy atom. The number of carbonyl (C=O) groups excluding carboxylic acids is 1. The van der Waals surface area contributed by atoms with Gasteiger partial charge in [0.25, 0.3) is 0 Å². The smallest absolute Gasteiger partial charge is 0.238 e. The Hall–Kier alpha value is -0.720. The fraction of sp³-hybridized carbons (Fsp3) is 0.455. The van der Waals surface area contributed by atoms with E-state index >= 15 is 0 Å². The molecule has 1 aromatic heterocycles. The van der Waals surface area contributed by atoms with Crippen LogP contribution in [0.3, 0.4) is 0 Å². The molecule has 0 aromatic carbocycles. The molecule has 106 valence electrons. The van der Waals surface area contributed by atoms with Crippen molar-refractivity contribution in [3.05, 3.63) is 16.0 Å². The summed E-state index contributed by atoms with van der Waals surface area (Å²) in [4.78, 5) is 15.0. The maximum atomic E-state index is 13.3. The van der Waals surface area contributed by atoms with Crippen LogP contribution in [0.2, 0.25) is 10.0 Å². The fourth-order valence-corrected chi connectivity index (χ4v) is 2.19. The Labute approximate surface area is 124 Å². The molecule has 1 atom stereocenters. The van der Waals surface area contributed by atoms with Crippen LogP contribution in [0.25, 0.3) is 0 Å². The zero-order valence-corrected chi connectivity index (χ0v) is 12.7. The van der Waals surface area contributed by atoms with Gasteiger partial charge in [-0.1, -0.05) is 48.8 Å². The number of nitrogen functional groups attached to an aromatic ring is 1. The lowest BCUT2D eigenvalue weighted by Crippen LogP contribution is -2.12. The lowest BCUT2D eigenvalue weighted by Gasteiger charge is -2.10. The van der Waals surface area contributed by atoms with Crippen LogP contribution in [0, 0.1) is 5.95 Å². The Morgan fingerprint density at radius 3 is 2.74 bits per heavy atom. The van der Waals surface area contributed by atoms with E-state index in [0.29, 0.717) is 0 Å². The third kappa shape index (κ3) is 4.40. The third-order valence-electron chi connectivity index (χ3n) is 2.28. The molecule has 0 spiro atoms. The van der Waals surface area contributed by atoms with Gasteiger partial charge in [-0.3, -0.25) is 4.79 Å². The minimum atomic E-state index is -0.986. The van der Waals surface area contributed by atoms with Crippen LogP contribution < -0.4 is 10.5 Å². The maximum absolute atomic E-state index is 13.3. The van der Waals surface area contributed by atoms with E-state index in [1.165, 1.54) is 0 Å². The molecule has 0 saturated heterocycles. The van der Waals surface area contributed by atoms with Gasteiger partial charge in [-0.15, -0.1) is 0 Å². The van der Waals surface area contributed by atoms with E-state index in [1.807, 2.05) is 13.8 Å². The van der Waals surface area contributed by atoms with Crippen LogP contribution in [0.5, 0.6) is 5.88 Å². The van der Waals surface area contributed by atoms with Gasteiger partial charge in [-0.2, -0.15) is 9.37 Å². The number of aromatic nitrogens is 1. The molecule has 0 aliphatic rings. The first-order chi connectivity index (χ1) is 8.86. The first kappa shape index (κ1) is 16.3. The largest absolute Gasteiger partial charge is 0.467 e. The molecule has 4 nitrogen and oxygen atoms in total. The number of nitrogens with zero attached hydrogens (tertiary/aromatic N) is 1. The fourth-order valence-electron chi connectivity index (χ4n) is 1.07. The second-order valence-electron chi connectivity index (χ2n) is 3.75. The summed E-state index contributed by atoms with van der Waals surface area (Å²) < 4.78 is 18.3. The number of hydrogen-bond donors (Lipinski definition) is 1. The van der Waals surface area contributed by atoms with Crippen LogP contribution in [0.4, 0.5) is 10.1 Å². The predicted molar refractivity (Wildman–Crippen MR) is 76.5 cm³/mol. The molecule has 1 heterocycles. The number of halogens is 3. The Kier molecular flexibility index (Phi) is 6.16. The molecular formula is C11H13Cl2FN2O2S. The molecule has 2 N–H and O–H groups in total. The minimum Gasteiger partial charge on any atom is -0.467 e. The molecular weight excluding hydrogens is 314 g/mol. The maximum Gasteiger partial charge on any atom is 0.238 e. The van der Waals surface area contributed by atoms with Gasteiger partial charge in [0.05, 0.1) is 5.69 Å². The highest BCUT2D eigenvalue weighted by molar-refractivity contribution is 8.14. The third-order valence-corrected chi connectivity index (χ3v) is 4.12. The highest BCUT2D eigenvalue weighted by atomic mass is 35.5. The standard InChI is InChI=1S/C11H13Cl2FN2O2S/c1-3-5(2)19-6(17)4-18-11-8(13)9(15)7(12)10(14)16-11/h5H,3-4H2,1-2H3,(H2,15,16). The van der Waals surface area contributed by atoms with E-state index in [2.05, 4.69) is 4.98 Å². The van der Waals surface area contributed by atoms with Crippen molar-refractivity contribution < 1.29 is 13.9 Å². The van der Waals surface area contributed by atoms with E-state index in [4.69, 9.17) is 33.7 Å². The molecule has 1 aromatic rings. The summed E-state index contributed by atoms with van der Waals surface area (Å²) >= 11 is 12.5. The summed E-state index contributed by atoms with van der Waals surface area (Å²) in [6.45, 7) is 3.63. The van der Waals surface area contributed by atoms with Crippen molar-refractivity contribution in [1.29, 1.82) is 0 Å². The first-order valence-corrected chi connectivity index (χ1v) is 7.12. The van der Waals surface area contributed by atoms with Crippen LogP contribution in [0.1, 0.15) is 20.3 Å². The lowest BCUT2D eigenvalue weighted by molar-refractivity contribution is -0.112. The number of pyridine rings is 1. The highest BCUT2D eigenvalue weighted by Crippen LogP contribution is 2.35. The Bertz CT molecular complexity index is 488. The van der Waals surface area contributed by atoms with Crippen LogP contribution >= 0.6 is 35.0 Å². The van der Waals surface area contributed by atoms with Gasteiger partial charge in [-0.05, 0) is 6.42 Å². The Morgan fingerprint density at radius 1 is 1.53 bits per heavy atom. The Balaban J connectivity index is 2.71. The molecule has 0 saturated carbocycles. The molecule has 0 bridgehead atoms. The van der Waals surface area contributed by atoms with Crippen molar-refractivity contribution in [2.45, 2.75) is 25.5 Å². The number of anilines is 1. The zero-order chi connectivity index (χ0) is 14.6. The highest BCUT2D eigenvalue weighted by Gasteiger charge is 2.17. The van der Waals surface area contributed by atoms with E-state index < -0.39 is 5.95 Å². The summed E-state index contributed by atoms with van der Waals surface area (Å²) in [5, 5.41) is -0.474. The topological polar surface area (TPSA) is 65.2 Å². The number of ether oxygens (including phenoxy) is 1. The summed E-state index contributed by atoms with van der Waals surface area (Å²) in [5.41, 5.74) is 5.32. The molecule has 0 amide bonds. The summed E-state index contributed by atoms with van der Waals surface area (Å²) in [5.74, 6) is -1.22. The number of carbonyl (C=O) groups is 1. The lowest BCUT2D eigenvalue weighted by atomic mass is 10.4. The number of hydrogen-bond acceptors (Lipinski definition) is 5.